The van der Waals surface area contributed by atoms with Crippen molar-refractivity contribution in [3.8, 4) is 40.3 Å². The molecule has 7 aromatic heterocycles. The number of hydrogen-bond acceptors (Lipinski definition) is 22. The molecule has 2 saturated carbocycles. The van der Waals surface area contributed by atoms with Crippen molar-refractivity contribution in [3.05, 3.63) is 272 Å². The van der Waals surface area contributed by atoms with E-state index < -0.39 is 12.2 Å². The first kappa shape index (κ1) is 74.4. The Kier molecular flexibility index (Phi) is 26.7. The minimum atomic E-state index is -0.494. The van der Waals surface area contributed by atoms with Crippen LogP contribution in [0, 0.1) is 29.6 Å². The maximum atomic E-state index is 12.6. The quantitative estimate of drug-likeness (QED) is 0.0693. The summed E-state index contributed by atoms with van der Waals surface area (Å²) in [5, 5.41) is 52.2. The fourth-order valence-electron chi connectivity index (χ4n) is 13.9. The molecule has 6 aliphatic rings. The number of amides is 3. The molecule has 3 amide bonds. The first-order chi connectivity index (χ1) is 52.6. The molecule has 3 aliphatic heterocycles. The van der Waals surface area contributed by atoms with Gasteiger partial charge in [-0.3, -0.25) is 34.7 Å². The molecule has 0 bridgehead atoms. The molecule has 1 saturated heterocycles. The van der Waals surface area contributed by atoms with Gasteiger partial charge in [-0.15, -0.1) is 20.4 Å². The molecule has 10 heterocycles. The topological polar surface area (TPSA) is 356 Å². The molecule has 0 radical (unpaired) electrons. The van der Waals surface area contributed by atoms with Crippen molar-refractivity contribution in [2.75, 3.05) is 0 Å². The number of pyridine rings is 6. The number of para-hydroxylation sites is 3. The zero-order chi connectivity index (χ0) is 73.8. The molecule has 3 fully saturated rings. The Balaban J connectivity index is 0.000000133. The van der Waals surface area contributed by atoms with Crippen LogP contribution in [-0.2, 0) is 4.79 Å². The molecule has 10 aromatic rings. The number of ether oxygens (including phenoxy) is 2. The van der Waals surface area contributed by atoms with Gasteiger partial charge < -0.3 is 42.0 Å². The van der Waals surface area contributed by atoms with Crippen LogP contribution in [0.4, 0.5) is 9.59 Å². The fourth-order valence-corrected chi connectivity index (χ4v) is 13.9. The van der Waals surface area contributed by atoms with Crippen molar-refractivity contribution in [2.45, 2.75) is 114 Å². The highest BCUT2D eigenvalue weighted by molar-refractivity contribution is 6.11. The van der Waals surface area contributed by atoms with Crippen molar-refractivity contribution in [1.29, 1.82) is 0 Å². The Bertz CT molecular complexity index is 4450. The van der Waals surface area contributed by atoms with E-state index in [1.54, 1.807) is 91.6 Å². The van der Waals surface area contributed by atoms with Gasteiger partial charge in [-0.2, -0.15) is 20.4 Å². The number of nitrogens with zero attached hydrogens (tertiary/aromatic N) is 14. The summed E-state index contributed by atoms with van der Waals surface area (Å²) in [5.41, 5.74) is 21.1. The maximum absolute atomic E-state index is 12.6. The number of hydrogen-bond donors (Lipinski definition) is 6. The van der Waals surface area contributed by atoms with Crippen LogP contribution in [0.25, 0.3) is 23.0 Å². The molecule has 25 heteroatoms. The minimum Gasteiger partial charge on any atom is -0.508 e. The number of aromatic nitrogens is 10. The first-order valence-electron chi connectivity index (χ1n) is 36.2. The normalized spacial score (nSPS) is 22.3. The van der Waals surface area contributed by atoms with Gasteiger partial charge in [-0.05, 0) is 192 Å². The van der Waals surface area contributed by atoms with Gasteiger partial charge in [-0.25, -0.2) is 9.59 Å². The predicted octanol–water partition coefficient (Wildman–Crippen LogP) is 12.4. The number of allylic oxidation sites excluding steroid dienone is 2. The van der Waals surface area contributed by atoms with Gasteiger partial charge in [0.1, 0.15) is 28.6 Å². The van der Waals surface area contributed by atoms with E-state index in [-0.39, 0.29) is 59.8 Å². The highest BCUT2D eigenvalue weighted by Gasteiger charge is 2.43. The van der Waals surface area contributed by atoms with E-state index in [0.29, 0.717) is 59.0 Å². The number of benzene rings is 3. The van der Waals surface area contributed by atoms with E-state index >= 15 is 0 Å². The number of carbonyl (C=O) groups is 3. The van der Waals surface area contributed by atoms with Crippen molar-refractivity contribution >= 4 is 40.9 Å². The molecule has 8 N–H and O–H groups in total. The lowest BCUT2D eigenvalue weighted by Crippen LogP contribution is -2.51. The third-order valence-electron chi connectivity index (χ3n) is 19.3. The Morgan fingerprint density at radius 3 is 1.10 bits per heavy atom. The van der Waals surface area contributed by atoms with Gasteiger partial charge in [0.25, 0.3) is 0 Å². The number of rotatable bonds is 10. The minimum absolute atomic E-state index is 0.0201. The van der Waals surface area contributed by atoms with Gasteiger partial charge in [0.05, 0.1) is 45.6 Å². The molecule has 107 heavy (non-hydrogen) atoms. The van der Waals surface area contributed by atoms with Crippen molar-refractivity contribution < 1.29 is 29.0 Å². The monoisotopic (exact) mass is 1430 g/mol. The highest BCUT2D eigenvalue weighted by atomic mass is 16.6. The molecule has 10 atom stereocenters. The Morgan fingerprint density at radius 2 is 0.720 bits per heavy atom. The molecular formula is C82H85N19O6. The highest BCUT2D eigenvalue weighted by Crippen LogP contribution is 2.40. The number of aromatic hydroxyl groups is 1. The van der Waals surface area contributed by atoms with E-state index in [1.165, 1.54) is 0 Å². The molecule has 25 nitrogen and oxygen atoms in total. The van der Waals surface area contributed by atoms with Gasteiger partial charge >= 0.3 is 12.2 Å². The molecule has 3 aliphatic carbocycles. The van der Waals surface area contributed by atoms with Gasteiger partial charge in [0, 0.05) is 97.5 Å². The summed E-state index contributed by atoms with van der Waals surface area (Å²) in [6.07, 6.45) is 25.1. The Morgan fingerprint density at radius 1 is 0.383 bits per heavy atom. The zero-order valence-corrected chi connectivity index (χ0v) is 59.0. The van der Waals surface area contributed by atoms with Crippen molar-refractivity contribution in [2.24, 2.45) is 61.5 Å². The molecular weight excluding hydrogens is 1350 g/mol. The van der Waals surface area contributed by atoms with Crippen molar-refractivity contribution in [1.82, 2.24) is 66.2 Å². The van der Waals surface area contributed by atoms with E-state index in [0.717, 1.165) is 116 Å². The Labute approximate surface area is 620 Å². The predicted molar refractivity (Wildman–Crippen MR) is 409 cm³/mol. The summed E-state index contributed by atoms with van der Waals surface area (Å²) in [6.45, 7) is 0. The summed E-state index contributed by atoms with van der Waals surface area (Å²) in [5.74, 6) is 3.46. The van der Waals surface area contributed by atoms with Crippen LogP contribution in [0.2, 0.25) is 0 Å². The van der Waals surface area contributed by atoms with Crippen LogP contribution >= 0.6 is 0 Å². The van der Waals surface area contributed by atoms with Gasteiger partial charge in [0.15, 0.2) is 0 Å². The van der Waals surface area contributed by atoms with E-state index in [9.17, 15) is 14.4 Å². The third kappa shape index (κ3) is 21.2. The van der Waals surface area contributed by atoms with E-state index in [4.69, 9.17) is 26.0 Å². The molecule has 544 valence electrons. The number of fused-ring (bicyclic) bond motifs is 3. The second-order valence-corrected chi connectivity index (χ2v) is 26.3. The second kappa shape index (κ2) is 38.4. The number of carbonyl (C=O) groups excluding carboxylic acids is 3. The summed E-state index contributed by atoms with van der Waals surface area (Å²) in [4.78, 5) is 62.8. The van der Waals surface area contributed by atoms with Crippen LogP contribution in [0.1, 0.15) is 106 Å². The molecule has 3 aromatic carbocycles. The molecule has 0 spiro atoms. The lowest BCUT2D eigenvalue weighted by Gasteiger charge is -2.37. The maximum Gasteiger partial charge on any atom is 0.412 e. The lowest BCUT2D eigenvalue weighted by molar-refractivity contribution is -0.119. The molecule has 16 rings (SSSR count). The third-order valence-corrected chi connectivity index (χ3v) is 19.3. The number of nitrogens with two attached hydrogens (primary N) is 2. The summed E-state index contributed by atoms with van der Waals surface area (Å²) < 4.78 is 10.7. The standard InChI is InChI=1S/C27H28N6O2.C22H23N5O.C15H20N2O2.C12H8N6.C6H6O/c28-21-14-12-19-20(13-15-22(21)31-27(34)35-18-8-2-1-3-9-18)26(24-11-5-7-17-30-24)33-32-25(19)23-10-4-6-16-29-23;28-20-13-14-7-8-15-16(9-10-17(14)25-20)22(19-6-2-4-12-24-19)27-26-21(15)18-5-1-3-11-23-18;16-13-10-6-1-2-7-11-14(13)17-15(18)19-12-8-4-3-5-9-12;1-3-7-13-9(5-1)11-15-17-12(18-16-11)10-6-2-4-8-14-10;7-6-4-2-1-3-5-6/h1-11,16-17,19-22H,12-15,28H2,(H,31,34);1-6,11-12,14-17H,7-10,13H2,(H,25,28);1-5,8-9,13-14H,6-7,10-11,16H2,(H,17,18);1-8H;1-5,7H/b;;2-1+;;. The average molecular weight is 1430 g/mol. The van der Waals surface area contributed by atoms with Crippen molar-refractivity contribution in [3.63, 3.8) is 0 Å². The largest absolute Gasteiger partial charge is 0.508 e. The van der Waals surface area contributed by atoms with Crippen LogP contribution in [0.5, 0.6) is 17.2 Å². The summed E-state index contributed by atoms with van der Waals surface area (Å²) in [6, 6.07) is 61.1. The van der Waals surface area contributed by atoms with Gasteiger partial charge in [-0.1, -0.05) is 103 Å². The van der Waals surface area contributed by atoms with Crippen LogP contribution in [0.3, 0.4) is 0 Å². The Hall–Kier alpha value is -12.4. The van der Waals surface area contributed by atoms with E-state index in [2.05, 4.69) is 98.8 Å². The van der Waals surface area contributed by atoms with Gasteiger partial charge in [0.2, 0.25) is 17.6 Å². The number of phenols is 1. The van der Waals surface area contributed by atoms with Crippen LogP contribution in [-0.4, -0.2) is 127 Å². The van der Waals surface area contributed by atoms with Crippen LogP contribution < -0.4 is 36.9 Å². The molecule has 10 unspecified atom stereocenters. The average Bonchev–Trinajstić information content (AvgIpc) is 1.60. The number of nitrogens with one attached hydrogen (secondary N) is 3. The lowest BCUT2D eigenvalue weighted by atomic mass is 9.71. The number of phenolic OH excluding ortho intramolecular Hbond substituents is 1. The SMILES string of the molecule is NC1CC/C=C/CCC1NC(=O)Oc1ccccc1.NC1CCC2C(c3ccccn3)=NN=C(c3ccccn3)C2CCC1NC(=O)Oc1ccccc1.O=C1CC2CCC3C(c4ccccn4)=NN=C(c4ccccn4)C3CCC2N1.Oc1ccccc1.c1ccc(-c2nnc(-c3ccccn3)nn2)nc1. The van der Waals surface area contributed by atoms with E-state index in [1.807, 2.05) is 146 Å². The summed E-state index contributed by atoms with van der Waals surface area (Å²) in [7, 11) is 0. The zero-order valence-electron chi connectivity index (χ0n) is 59.0. The fraction of sp³-hybridized carbons (Fsp3) is 0.280. The smallest absolute Gasteiger partial charge is 0.412 e. The summed E-state index contributed by atoms with van der Waals surface area (Å²) >= 11 is 0. The first-order valence-corrected chi connectivity index (χ1v) is 36.2. The van der Waals surface area contributed by atoms with Crippen LogP contribution in [0.15, 0.2) is 270 Å². The second-order valence-electron chi connectivity index (χ2n) is 26.3.